The van der Waals surface area contributed by atoms with Crippen molar-refractivity contribution in [2.75, 3.05) is 0 Å². The second-order valence-electron chi connectivity index (χ2n) is 9.05. The van der Waals surface area contributed by atoms with E-state index >= 15 is 0 Å². The minimum atomic E-state index is -1.12. The molecule has 1 saturated carbocycles. The molecule has 1 N–H and O–H groups in total. The highest BCUT2D eigenvalue weighted by Crippen LogP contribution is 2.40. The molecule has 0 amide bonds. The Morgan fingerprint density at radius 1 is 1.04 bits per heavy atom. The molecule has 1 saturated heterocycles. The lowest BCUT2D eigenvalue weighted by Crippen LogP contribution is -2.53. The smallest absolute Gasteiger partial charge is 0.402 e. The van der Waals surface area contributed by atoms with Crippen LogP contribution in [0.5, 0.6) is 0 Å². The molecular formula is C17H34BNO3S. The predicted molar refractivity (Wildman–Crippen MR) is 97.5 cm³/mol. The minimum Gasteiger partial charge on any atom is -0.402 e. The zero-order chi connectivity index (χ0) is 17.5. The molecule has 6 heteroatoms. The molecule has 0 aromatic heterocycles. The molecule has 23 heavy (non-hydrogen) atoms. The Morgan fingerprint density at radius 2 is 1.52 bits per heavy atom. The number of nitrogens with one attached hydrogen (secondary N) is 1. The van der Waals surface area contributed by atoms with Gasteiger partial charge in [0.05, 0.1) is 32.9 Å². The summed E-state index contributed by atoms with van der Waals surface area (Å²) >= 11 is 0. The van der Waals surface area contributed by atoms with E-state index in [4.69, 9.17) is 9.31 Å². The van der Waals surface area contributed by atoms with Crippen LogP contribution in [0.4, 0.5) is 0 Å². The monoisotopic (exact) mass is 343 g/mol. The maximum atomic E-state index is 12.7. The third-order valence-electron chi connectivity index (χ3n) is 5.52. The van der Waals surface area contributed by atoms with Gasteiger partial charge in [-0.1, -0.05) is 19.3 Å². The van der Waals surface area contributed by atoms with Gasteiger partial charge in [-0.25, -0.2) is 8.93 Å². The van der Waals surface area contributed by atoms with Crippen molar-refractivity contribution in [2.45, 2.75) is 102 Å². The fraction of sp³-hybridized carbons (Fsp3) is 1.00. The first kappa shape index (κ1) is 19.4. The number of rotatable bonds is 4. The van der Waals surface area contributed by atoms with E-state index in [1.165, 1.54) is 19.3 Å². The maximum absolute atomic E-state index is 12.7. The van der Waals surface area contributed by atoms with Gasteiger partial charge in [-0.05, 0) is 67.2 Å². The Kier molecular flexibility index (Phi) is 5.72. The van der Waals surface area contributed by atoms with Crippen molar-refractivity contribution < 1.29 is 13.5 Å². The molecule has 2 atom stereocenters. The summed E-state index contributed by atoms with van der Waals surface area (Å²) in [4.78, 5) is 0. The summed E-state index contributed by atoms with van der Waals surface area (Å²) < 4.78 is 28.3. The molecule has 0 bridgehead atoms. The van der Waals surface area contributed by atoms with Crippen molar-refractivity contribution >= 4 is 18.1 Å². The van der Waals surface area contributed by atoms with Gasteiger partial charge in [-0.3, -0.25) is 0 Å². The molecule has 0 radical (unpaired) electrons. The van der Waals surface area contributed by atoms with E-state index in [1.54, 1.807) is 0 Å². The molecule has 1 heterocycles. The predicted octanol–water partition coefficient (Wildman–Crippen LogP) is 3.62. The summed E-state index contributed by atoms with van der Waals surface area (Å²) in [7, 11) is -1.46. The van der Waals surface area contributed by atoms with Crippen molar-refractivity contribution in [3.8, 4) is 0 Å². The van der Waals surface area contributed by atoms with E-state index in [0.717, 1.165) is 12.8 Å². The quantitative estimate of drug-likeness (QED) is 0.793. The fourth-order valence-corrected chi connectivity index (χ4v) is 4.11. The Morgan fingerprint density at radius 3 is 1.96 bits per heavy atom. The summed E-state index contributed by atoms with van der Waals surface area (Å²) in [6, 6.07) is 0. The average Bonchev–Trinajstić information content (AvgIpc) is 2.64. The zero-order valence-electron chi connectivity index (χ0n) is 15.9. The Balaban J connectivity index is 2.18. The summed E-state index contributed by atoms with van der Waals surface area (Å²) in [5, 5.41) is 0. The molecule has 0 spiro atoms. The van der Waals surface area contributed by atoms with Crippen molar-refractivity contribution in [3.05, 3.63) is 0 Å². The maximum Gasteiger partial charge on any atom is 0.477 e. The fourth-order valence-electron chi connectivity index (χ4n) is 3.20. The summed E-state index contributed by atoms with van der Waals surface area (Å²) in [5.74, 6) is 0.446. The van der Waals surface area contributed by atoms with Gasteiger partial charge >= 0.3 is 7.12 Å². The molecule has 1 unspecified atom stereocenters. The summed E-state index contributed by atoms with van der Waals surface area (Å²) in [5.41, 5.74) is -0.703. The van der Waals surface area contributed by atoms with Crippen LogP contribution in [0.3, 0.4) is 0 Å². The molecule has 0 aromatic rings. The van der Waals surface area contributed by atoms with Crippen molar-refractivity contribution in [1.29, 1.82) is 0 Å². The second kappa shape index (κ2) is 6.78. The van der Waals surface area contributed by atoms with Gasteiger partial charge in [0.1, 0.15) is 0 Å². The third kappa shape index (κ3) is 4.39. The van der Waals surface area contributed by atoms with E-state index in [9.17, 15) is 4.21 Å². The van der Waals surface area contributed by atoms with Gasteiger partial charge in [0.25, 0.3) is 0 Å². The molecule has 2 aliphatic rings. The van der Waals surface area contributed by atoms with Gasteiger partial charge in [0.15, 0.2) is 0 Å². The molecular weight excluding hydrogens is 309 g/mol. The van der Waals surface area contributed by atoms with Crippen LogP contribution >= 0.6 is 0 Å². The molecule has 134 valence electrons. The van der Waals surface area contributed by atoms with Crippen LogP contribution in [0.25, 0.3) is 0 Å². The molecule has 1 aliphatic heterocycles. The number of hydrogen-bond donors (Lipinski definition) is 1. The SMILES string of the molecule is CC(C)(C)S(=O)N[C@H](B1OC(C)(C)C(C)(C)O1)C1CCCCC1. The van der Waals surface area contributed by atoms with Crippen LogP contribution in [0, 0.1) is 5.92 Å². The summed E-state index contributed by atoms with van der Waals surface area (Å²) in [6.45, 7) is 14.3. The van der Waals surface area contributed by atoms with E-state index < -0.39 is 11.0 Å². The van der Waals surface area contributed by atoms with Crippen molar-refractivity contribution in [2.24, 2.45) is 5.92 Å². The van der Waals surface area contributed by atoms with Crippen LogP contribution in [0.2, 0.25) is 0 Å². The van der Waals surface area contributed by atoms with Crippen LogP contribution in [-0.4, -0.2) is 33.2 Å². The lowest BCUT2D eigenvalue weighted by Gasteiger charge is -2.33. The second-order valence-corrected chi connectivity index (χ2v) is 11.0. The van der Waals surface area contributed by atoms with Crippen LogP contribution in [-0.2, 0) is 20.3 Å². The first-order valence-electron chi connectivity index (χ1n) is 8.98. The Labute approximate surface area is 145 Å². The molecule has 1 aliphatic carbocycles. The Hall–Kier alpha value is 0.0949. The van der Waals surface area contributed by atoms with Gasteiger partial charge in [0, 0.05) is 0 Å². The van der Waals surface area contributed by atoms with Crippen LogP contribution < -0.4 is 4.72 Å². The van der Waals surface area contributed by atoms with Gasteiger partial charge in [-0.15, -0.1) is 0 Å². The number of hydrogen-bond acceptors (Lipinski definition) is 3. The molecule has 2 fully saturated rings. The van der Waals surface area contributed by atoms with Gasteiger partial charge < -0.3 is 9.31 Å². The molecule has 4 nitrogen and oxygen atoms in total. The highest BCUT2D eigenvalue weighted by molar-refractivity contribution is 7.84. The van der Waals surface area contributed by atoms with E-state index in [1.807, 2.05) is 20.8 Å². The Bertz CT molecular complexity index is 426. The first-order valence-corrected chi connectivity index (χ1v) is 10.1. The average molecular weight is 343 g/mol. The van der Waals surface area contributed by atoms with E-state index in [2.05, 4.69) is 32.4 Å². The van der Waals surface area contributed by atoms with E-state index in [-0.39, 0.29) is 29.0 Å². The molecule has 0 aromatic carbocycles. The lowest BCUT2D eigenvalue weighted by atomic mass is 9.67. The summed E-state index contributed by atoms with van der Waals surface area (Å²) in [6.07, 6.45) is 6.09. The first-order chi connectivity index (χ1) is 10.4. The lowest BCUT2D eigenvalue weighted by molar-refractivity contribution is 0.00578. The normalized spacial score (nSPS) is 27.9. The molecule has 2 rings (SSSR count). The highest BCUT2D eigenvalue weighted by Gasteiger charge is 2.55. The highest BCUT2D eigenvalue weighted by atomic mass is 32.2. The minimum absolute atomic E-state index is 0.0172. The van der Waals surface area contributed by atoms with Crippen LogP contribution in [0.15, 0.2) is 0 Å². The van der Waals surface area contributed by atoms with Gasteiger partial charge in [0.2, 0.25) is 0 Å². The zero-order valence-corrected chi connectivity index (χ0v) is 16.7. The van der Waals surface area contributed by atoms with Crippen molar-refractivity contribution in [1.82, 2.24) is 4.72 Å². The third-order valence-corrected chi connectivity index (χ3v) is 7.12. The topological polar surface area (TPSA) is 47.6 Å². The standard InChI is InChI=1S/C17H34BNO3S/c1-15(2,3)23(20)19-14(13-11-9-8-10-12-13)18-21-16(4,5)17(6,7)22-18/h13-14,19H,8-12H2,1-7H3/t14-,23?/m0/s1. The van der Waals surface area contributed by atoms with E-state index in [0.29, 0.717) is 5.92 Å². The largest absolute Gasteiger partial charge is 0.477 e. The van der Waals surface area contributed by atoms with Gasteiger partial charge in [-0.2, -0.15) is 0 Å². The van der Waals surface area contributed by atoms with Crippen LogP contribution in [0.1, 0.15) is 80.6 Å². The van der Waals surface area contributed by atoms with Crippen molar-refractivity contribution in [3.63, 3.8) is 0 Å².